The van der Waals surface area contributed by atoms with Crippen molar-refractivity contribution in [3.05, 3.63) is 34.9 Å². The van der Waals surface area contributed by atoms with Crippen LogP contribution in [-0.4, -0.2) is 24.4 Å². The van der Waals surface area contributed by atoms with Gasteiger partial charge in [-0.15, -0.1) is 10.2 Å². The second-order valence-electron chi connectivity index (χ2n) is 3.31. The molecule has 0 aliphatic heterocycles. The molecule has 17 heavy (non-hydrogen) atoms. The first-order chi connectivity index (χ1) is 8.24. The van der Waals surface area contributed by atoms with Gasteiger partial charge in [-0.05, 0) is 46.3 Å². The van der Waals surface area contributed by atoms with Gasteiger partial charge in [0.2, 0.25) is 0 Å². The number of methoxy groups -OCH3 is 2. The number of halogens is 1. The summed E-state index contributed by atoms with van der Waals surface area (Å²) < 4.78 is 11.1. The lowest BCUT2D eigenvalue weighted by molar-refractivity contribution is 0.355. The molecule has 0 unspecified atom stereocenters. The minimum Gasteiger partial charge on any atom is -0.493 e. The normalized spacial score (nSPS) is 10.1. The van der Waals surface area contributed by atoms with Crippen LogP contribution in [0.15, 0.2) is 34.9 Å². The van der Waals surface area contributed by atoms with Crippen molar-refractivity contribution in [1.29, 1.82) is 0 Å². The van der Waals surface area contributed by atoms with Gasteiger partial charge in [0.05, 0.1) is 19.9 Å². The highest BCUT2D eigenvalue weighted by Gasteiger charge is 2.07. The lowest BCUT2D eigenvalue weighted by atomic mass is 10.1. The van der Waals surface area contributed by atoms with Gasteiger partial charge in [-0.3, -0.25) is 0 Å². The van der Waals surface area contributed by atoms with Crippen LogP contribution in [0.2, 0.25) is 0 Å². The third-order valence-electron chi connectivity index (χ3n) is 2.31. The van der Waals surface area contributed by atoms with Crippen molar-refractivity contribution in [3.8, 4) is 22.8 Å². The zero-order valence-electron chi connectivity index (χ0n) is 9.48. The quantitative estimate of drug-likeness (QED) is 0.873. The lowest BCUT2D eigenvalue weighted by Gasteiger charge is -2.08. The Morgan fingerprint density at radius 2 is 1.71 bits per heavy atom. The molecule has 2 aromatic rings. The zero-order chi connectivity index (χ0) is 12.3. The van der Waals surface area contributed by atoms with E-state index in [9.17, 15) is 0 Å². The Morgan fingerprint density at radius 1 is 0.941 bits per heavy atom. The molecular weight excluding hydrogens is 284 g/mol. The third kappa shape index (κ3) is 2.55. The number of hydrogen-bond donors (Lipinski definition) is 0. The maximum Gasteiger partial charge on any atom is 0.161 e. The van der Waals surface area contributed by atoms with Gasteiger partial charge >= 0.3 is 0 Å². The van der Waals surface area contributed by atoms with E-state index in [1.165, 1.54) is 0 Å². The molecule has 88 valence electrons. The summed E-state index contributed by atoms with van der Waals surface area (Å²) in [5.41, 5.74) is 1.72. The summed E-state index contributed by atoms with van der Waals surface area (Å²) in [6.45, 7) is 0. The molecule has 4 nitrogen and oxygen atoms in total. The van der Waals surface area contributed by atoms with Crippen molar-refractivity contribution in [2.24, 2.45) is 0 Å². The van der Waals surface area contributed by atoms with Crippen LogP contribution in [0.25, 0.3) is 11.3 Å². The molecule has 0 N–H and O–H groups in total. The molecule has 0 amide bonds. The predicted octanol–water partition coefficient (Wildman–Crippen LogP) is 2.92. The maximum atomic E-state index is 5.24. The van der Waals surface area contributed by atoms with Gasteiger partial charge in [0.25, 0.3) is 0 Å². The van der Waals surface area contributed by atoms with Crippen molar-refractivity contribution < 1.29 is 9.47 Å². The molecule has 1 heterocycles. The highest BCUT2D eigenvalue weighted by atomic mass is 79.9. The first-order valence-electron chi connectivity index (χ1n) is 4.96. The van der Waals surface area contributed by atoms with Gasteiger partial charge in [-0.1, -0.05) is 0 Å². The summed E-state index contributed by atoms with van der Waals surface area (Å²) in [5.74, 6) is 1.37. The Balaban J connectivity index is 2.42. The highest BCUT2D eigenvalue weighted by molar-refractivity contribution is 9.10. The number of aromatic nitrogens is 2. The second-order valence-corrected chi connectivity index (χ2v) is 4.12. The molecular formula is C12H11BrN2O2. The Kier molecular flexibility index (Phi) is 3.58. The average molecular weight is 295 g/mol. The largest absolute Gasteiger partial charge is 0.493 e. The van der Waals surface area contributed by atoms with Crippen LogP contribution in [0.3, 0.4) is 0 Å². The van der Waals surface area contributed by atoms with Crippen molar-refractivity contribution in [1.82, 2.24) is 10.2 Å². The number of nitrogens with zero attached hydrogens (tertiary/aromatic N) is 2. The molecule has 0 bridgehead atoms. The van der Waals surface area contributed by atoms with Crippen LogP contribution in [0.4, 0.5) is 0 Å². The predicted molar refractivity (Wildman–Crippen MR) is 68.3 cm³/mol. The monoisotopic (exact) mass is 294 g/mol. The molecule has 0 aliphatic carbocycles. The van der Waals surface area contributed by atoms with E-state index in [4.69, 9.17) is 9.47 Å². The highest BCUT2D eigenvalue weighted by Crippen LogP contribution is 2.31. The van der Waals surface area contributed by atoms with E-state index < -0.39 is 0 Å². The fourth-order valence-electron chi connectivity index (χ4n) is 1.47. The van der Waals surface area contributed by atoms with E-state index in [1.54, 1.807) is 14.2 Å². The van der Waals surface area contributed by atoms with E-state index >= 15 is 0 Å². The van der Waals surface area contributed by atoms with E-state index in [0.29, 0.717) is 16.1 Å². The van der Waals surface area contributed by atoms with Gasteiger partial charge in [-0.2, -0.15) is 0 Å². The molecule has 0 radical (unpaired) electrons. The molecule has 0 saturated carbocycles. The summed E-state index contributed by atoms with van der Waals surface area (Å²) >= 11 is 3.25. The summed E-state index contributed by atoms with van der Waals surface area (Å²) in [4.78, 5) is 0. The Labute approximate surface area is 108 Å². The number of ether oxygens (including phenoxy) is 2. The molecule has 0 fully saturated rings. The molecule has 2 rings (SSSR count). The smallest absolute Gasteiger partial charge is 0.161 e. The Hall–Kier alpha value is -1.62. The molecule has 1 aromatic carbocycles. The first-order valence-corrected chi connectivity index (χ1v) is 5.75. The van der Waals surface area contributed by atoms with E-state index in [-0.39, 0.29) is 0 Å². The third-order valence-corrected chi connectivity index (χ3v) is 2.73. The SMILES string of the molecule is COc1ccc(-c2ccc(Br)nn2)cc1OC. The molecule has 0 spiro atoms. The molecule has 0 aliphatic rings. The van der Waals surface area contributed by atoms with Crippen molar-refractivity contribution >= 4 is 15.9 Å². The fourth-order valence-corrected chi connectivity index (χ4v) is 1.68. The minimum absolute atomic E-state index is 0.676. The fraction of sp³-hybridized carbons (Fsp3) is 0.167. The van der Waals surface area contributed by atoms with Crippen molar-refractivity contribution in [2.75, 3.05) is 14.2 Å². The number of hydrogen-bond acceptors (Lipinski definition) is 4. The van der Waals surface area contributed by atoms with E-state index in [1.807, 2.05) is 30.3 Å². The van der Waals surface area contributed by atoms with E-state index in [0.717, 1.165) is 11.3 Å². The van der Waals surface area contributed by atoms with Crippen LogP contribution in [0.5, 0.6) is 11.5 Å². The maximum absolute atomic E-state index is 5.24. The van der Waals surface area contributed by atoms with E-state index in [2.05, 4.69) is 26.1 Å². The standard InChI is InChI=1S/C12H11BrN2O2/c1-16-10-5-3-8(7-11(10)17-2)9-4-6-12(13)15-14-9/h3-7H,1-2H3. The molecule has 0 atom stereocenters. The van der Waals surface area contributed by atoms with Crippen LogP contribution in [0, 0.1) is 0 Å². The van der Waals surface area contributed by atoms with Crippen LogP contribution in [-0.2, 0) is 0 Å². The molecule has 1 aromatic heterocycles. The minimum atomic E-state index is 0.676. The molecule has 5 heteroatoms. The van der Waals surface area contributed by atoms with Gasteiger partial charge in [0.1, 0.15) is 4.60 Å². The first kappa shape index (κ1) is 11.9. The van der Waals surface area contributed by atoms with Gasteiger partial charge in [-0.25, -0.2) is 0 Å². The topological polar surface area (TPSA) is 44.2 Å². The van der Waals surface area contributed by atoms with Crippen LogP contribution < -0.4 is 9.47 Å². The van der Waals surface area contributed by atoms with Crippen molar-refractivity contribution in [2.45, 2.75) is 0 Å². The number of rotatable bonds is 3. The van der Waals surface area contributed by atoms with Crippen LogP contribution >= 0.6 is 15.9 Å². The zero-order valence-corrected chi connectivity index (χ0v) is 11.1. The van der Waals surface area contributed by atoms with Gasteiger partial charge < -0.3 is 9.47 Å². The summed E-state index contributed by atoms with van der Waals surface area (Å²) in [6, 6.07) is 9.37. The second kappa shape index (κ2) is 5.14. The summed E-state index contributed by atoms with van der Waals surface area (Å²) in [5, 5.41) is 8.03. The summed E-state index contributed by atoms with van der Waals surface area (Å²) in [6.07, 6.45) is 0. The Morgan fingerprint density at radius 3 is 2.29 bits per heavy atom. The average Bonchev–Trinajstić information content (AvgIpc) is 2.39. The number of benzene rings is 1. The van der Waals surface area contributed by atoms with Crippen molar-refractivity contribution in [3.63, 3.8) is 0 Å². The lowest BCUT2D eigenvalue weighted by Crippen LogP contribution is -1.92. The van der Waals surface area contributed by atoms with Gasteiger partial charge in [0, 0.05) is 5.56 Å². The summed E-state index contributed by atoms with van der Waals surface area (Å²) in [7, 11) is 3.21. The molecule has 0 saturated heterocycles. The Bertz CT molecular complexity index is 514. The van der Waals surface area contributed by atoms with Gasteiger partial charge in [0.15, 0.2) is 11.5 Å². The van der Waals surface area contributed by atoms with Crippen LogP contribution in [0.1, 0.15) is 0 Å².